The molecule has 0 atom stereocenters. The molecule has 0 aromatic heterocycles. The van der Waals surface area contributed by atoms with Crippen molar-refractivity contribution >= 4 is 11.9 Å². The van der Waals surface area contributed by atoms with Crippen molar-refractivity contribution < 1.29 is 24.1 Å². The first-order chi connectivity index (χ1) is 11.1. The van der Waals surface area contributed by atoms with Gasteiger partial charge in [0.15, 0.2) is 17.3 Å². The fourth-order valence-corrected chi connectivity index (χ4v) is 2.06. The summed E-state index contributed by atoms with van der Waals surface area (Å²) in [5, 5.41) is 9.80. The molecular formula is C18H18O5. The van der Waals surface area contributed by atoms with Crippen molar-refractivity contribution in [2.24, 2.45) is 0 Å². The van der Waals surface area contributed by atoms with Crippen LogP contribution in [0.5, 0.6) is 23.0 Å². The van der Waals surface area contributed by atoms with Crippen LogP contribution in [0.1, 0.15) is 15.9 Å². The van der Waals surface area contributed by atoms with Crippen molar-refractivity contribution in [3.63, 3.8) is 0 Å². The Morgan fingerprint density at radius 3 is 2.35 bits per heavy atom. The Hall–Kier alpha value is -2.95. The number of rotatable bonds is 6. The summed E-state index contributed by atoms with van der Waals surface area (Å²) in [7, 11) is 4.60. The van der Waals surface area contributed by atoms with Gasteiger partial charge < -0.3 is 19.3 Å². The number of aromatic hydroxyl groups is 1. The van der Waals surface area contributed by atoms with Crippen LogP contribution < -0.4 is 14.2 Å². The topological polar surface area (TPSA) is 65.0 Å². The minimum Gasteiger partial charge on any atom is -0.507 e. The summed E-state index contributed by atoms with van der Waals surface area (Å²) >= 11 is 0. The van der Waals surface area contributed by atoms with Crippen LogP contribution in [0.15, 0.2) is 42.5 Å². The number of methoxy groups -OCH3 is 3. The lowest BCUT2D eigenvalue weighted by molar-refractivity contribution is 0.104. The highest BCUT2D eigenvalue weighted by Crippen LogP contribution is 2.28. The van der Waals surface area contributed by atoms with Gasteiger partial charge in [-0.05, 0) is 42.0 Å². The van der Waals surface area contributed by atoms with Gasteiger partial charge in [0, 0.05) is 0 Å². The highest BCUT2D eigenvalue weighted by Gasteiger charge is 2.10. The van der Waals surface area contributed by atoms with Gasteiger partial charge >= 0.3 is 0 Å². The SMILES string of the molecule is COc1ccc(O)c(C(=O)/C=C/c2ccc(OC)c(OC)c2)c1. The standard InChI is InChI=1S/C18H18O5/c1-21-13-6-8-16(20)14(11-13)15(19)7-4-12-5-9-17(22-2)18(10-12)23-3/h4-11,20H,1-3H3/b7-4+. The number of allylic oxidation sites excluding steroid dienone is 1. The zero-order valence-corrected chi connectivity index (χ0v) is 13.2. The summed E-state index contributed by atoms with van der Waals surface area (Å²) in [5.74, 6) is 1.28. The molecule has 0 heterocycles. The van der Waals surface area contributed by atoms with Gasteiger partial charge in [-0.2, -0.15) is 0 Å². The number of carbonyl (C=O) groups is 1. The second-order valence-electron chi connectivity index (χ2n) is 4.70. The molecule has 120 valence electrons. The summed E-state index contributed by atoms with van der Waals surface area (Å²) in [6.07, 6.45) is 3.03. The molecule has 0 aliphatic heterocycles. The molecule has 2 aromatic carbocycles. The van der Waals surface area contributed by atoms with E-state index in [0.717, 1.165) is 5.56 Å². The fourth-order valence-electron chi connectivity index (χ4n) is 2.06. The molecule has 0 aliphatic carbocycles. The molecular weight excluding hydrogens is 296 g/mol. The van der Waals surface area contributed by atoms with Gasteiger partial charge in [-0.1, -0.05) is 12.1 Å². The molecule has 0 aliphatic rings. The van der Waals surface area contributed by atoms with Gasteiger partial charge in [0.2, 0.25) is 0 Å². The van der Waals surface area contributed by atoms with E-state index in [1.165, 1.54) is 25.3 Å². The first-order valence-electron chi connectivity index (χ1n) is 6.90. The third-order valence-corrected chi connectivity index (χ3v) is 3.30. The first kappa shape index (κ1) is 16.4. The predicted molar refractivity (Wildman–Crippen MR) is 87.6 cm³/mol. The molecule has 0 saturated carbocycles. The third kappa shape index (κ3) is 3.83. The smallest absolute Gasteiger partial charge is 0.189 e. The Morgan fingerprint density at radius 1 is 0.957 bits per heavy atom. The molecule has 0 amide bonds. The van der Waals surface area contributed by atoms with Gasteiger partial charge in [0.05, 0.1) is 26.9 Å². The van der Waals surface area contributed by atoms with Crippen molar-refractivity contribution in [3.8, 4) is 23.0 Å². The van der Waals surface area contributed by atoms with E-state index in [-0.39, 0.29) is 17.1 Å². The minimum atomic E-state index is -0.323. The molecule has 1 N–H and O–H groups in total. The van der Waals surface area contributed by atoms with Gasteiger partial charge in [-0.3, -0.25) is 4.79 Å². The summed E-state index contributed by atoms with van der Waals surface area (Å²) in [6, 6.07) is 9.83. The maximum absolute atomic E-state index is 12.2. The Balaban J connectivity index is 2.24. The van der Waals surface area contributed by atoms with E-state index < -0.39 is 0 Å². The van der Waals surface area contributed by atoms with E-state index in [0.29, 0.717) is 17.2 Å². The van der Waals surface area contributed by atoms with Crippen molar-refractivity contribution in [1.82, 2.24) is 0 Å². The Kier molecular flexibility index (Phi) is 5.25. The zero-order chi connectivity index (χ0) is 16.8. The zero-order valence-electron chi connectivity index (χ0n) is 13.2. The van der Waals surface area contributed by atoms with E-state index in [1.807, 2.05) is 0 Å². The maximum Gasteiger partial charge on any atom is 0.189 e. The molecule has 0 radical (unpaired) electrons. The van der Waals surface area contributed by atoms with Gasteiger partial charge in [0.25, 0.3) is 0 Å². The third-order valence-electron chi connectivity index (χ3n) is 3.30. The van der Waals surface area contributed by atoms with E-state index in [4.69, 9.17) is 14.2 Å². The number of carbonyl (C=O) groups excluding carboxylic acids is 1. The largest absolute Gasteiger partial charge is 0.507 e. The number of benzene rings is 2. The predicted octanol–water partition coefficient (Wildman–Crippen LogP) is 3.31. The minimum absolute atomic E-state index is 0.0900. The lowest BCUT2D eigenvalue weighted by Crippen LogP contribution is -1.96. The molecule has 2 aromatic rings. The highest BCUT2D eigenvalue weighted by atomic mass is 16.5. The second kappa shape index (κ2) is 7.35. The fraction of sp³-hybridized carbons (Fsp3) is 0.167. The van der Waals surface area contributed by atoms with Crippen LogP contribution in [-0.2, 0) is 0 Å². The summed E-state index contributed by atoms with van der Waals surface area (Å²) < 4.78 is 15.4. The van der Waals surface area contributed by atoms with Crippen molar-refractivity contribution in [3.05, 3.63) is 53.6 Å². The lowest BCUT2D eigenvalue weighted by atomic mass is 10.1. The Bertz CT molecular complexity index is 734. The number of phenolic OH excluding ortho intramolecular Hbond substituents is 1. The molecule has 0 unspecified atom stereocenters. The highest BCUT2D eigenvalue weighted by molar-refractivity contribution is 6.08. The molecule has 2 rings (SSSR count). The Morgan fingerprint density at radius 2 is 1.70 bits per heavy atom. The van der Waals surface area contributed by atoms with Gasteiger partial charge in [-0.25, -0.2) is 0 Å². The average Bonchev–Trinajstić information content (AvgIpc) is 2.59. The van der Waals surface area contributed by atoms with Gasteiger partial charge in [0.1, 0.15) is 11.5 Å². The molecule has 5 heteroatoms. The molecule has 0 fully saturated rings. The maximum atomic E-state index is 12.2. The second-order valence-corrected chi connectivity index (χ2v) is 4.70. The van der Waals surface area contributed by atoms with Crippen LogP contribution in [0.25, 0.3) is 6.08 Å². The van der Waals surface area contributed by atoms with Gasteiger partial charge in [-0.15, -0.1) is 0 Å². The van der Waals surface area contributed by atoms with Crippen LogP contribution in [0, 0.1) is 0 Å². The van der Waals surface area contributed by atoms with E-state index in [2.05, 4.69) is 0 Å². The monoisotopic (exact) mass is 314 g/mol. The van der Waals surface area contributed by atoms with Crippen LogP contribution >= 0.6 is 0 Å². The quantitative estimate of drug-likeness (QED) is 0.654. The lowest BCUT2D eigenvalue weighted by Gasteiger charge is -2.07. The molecule has 0 spiro atoms. The molecule has 23 heavy (non-hydrogen) atoms. The molecule has 0 saturated heterocycles. The average molecular weight is 314 g/mol. The summed E-state index contributed by atoms with van der Waals surface area (Å²) in [4.78, 5) is 12.2. The number of ether oxygens (including phenoxy) is 3. The normalized spacial score (nSPS) is 10.6. The van der Waals surface area contributed by atoms with Crippen molar-refractivity contribution in [2.75, 3.05) is 21.3 Å². The van der Waals surface area contributed by atoms with Crippen molar-refractivity contribution in [2.45, 2.75) is 0 Å². The van der Waals surface area contributed by atoms with E-state index >= 15 is 0 Å². The number of hydrogen-bond donors (Lipinski definition) is 1. The Labute approximate surface area is 134 Å². The summed E-state index contributed by atoms with van der Waals surface area (Å²) in [6.45, 7) is 0. The van der Waals surface area contributed by atoms with Crippen LogP contribution in [0.3, 0.4) is 0 Å². The van der Waals surface area contributed by atoms with Crippen LogP contribution in [0.4, 0.5) is 0 Å². The summed E-state index contributed by atoms with van der Waals surface area (Å²) in [5.41, 5.74) is 0.958. The molecule has 0 bridgehead atoms. The van der Waals surface area contributed by atoms with E-state index in [9.17, 15) is 9.90 Å². The number of phenols is 1. The van der Waals surface area contributed by atoms with Crippen LogP contribution in [-0.4, -0.2) is 32.2 Å². The van der Waals surface area contributed by atoms with E-state index in [1.54, 1.807) is 44.6 Å². The van der Waals surface area contributed by atoms with Crippen LogP contribution in [0.2, 0.25) is 0 Å². The molecule has 5 nitrogen and oxygen atoms in total. The van der Waals surface area contributed by atoms with Crippen molar-refractivity contribution in [1.29, 1.82) is 0 Å². The number of hydrogen-bond acceptors (Lipinski definition) is 5. The number of ketones is 1. The first-order valence-corrected chi connectivity index (χ1v) is 6.90.